The summed E-state index contributed by atoms with van der Waals surface area (Å²) in [6.07, 6.45) is 7.69. The van der Waals surface area contributed by atoms with E-state index in [9.17, 15) is 0 Å². The second kappa shape index (κ2) is 5.41. The van der Waals surface area contributed by atoms with Gasteiger partial charge in [0.05, 0.1) is 0 Å². The Bertz CT molecular complexity index is 259. The van der Waals surface area contributed by atoms with E-state index in [1.807, 2.05) is 12.1 Å². The van der Waals surface area contributed by atoms with Crippen LogP contribution in [0.4, 0.5) is 0 Å². The fraction of sp³-hybridized carbons (Fsp3) is 0.333. The second-order valence-corrected chi connectivity index (χ2v) is 3.13. The Morgan fingerprint density at radius 2 is 1.85 bits per heavy atom. The monoisotopic (exact) mass is 176 g/mol. The van der Waals surface area contributed by atoms with Crippen LogP contribution in [0.2, 0.25) is 0 Å². The van der Waals surface area contributed by atoms with E-state index in [1.54, 1.807) is 12.1 Å². The average molecular weight is 176 g/mol. The molecule has 0 aliphatic rings. The number of hydrogen-bond acceptors (Lipinski definition) is 1. The molecule has 0 saturated carbocycles. The first-order valence-electron chi connectivity index (χ1n) is 4.76. The van der Waals surface area contributed by atoms with Crippen LogP contribution in [0, 0.1) is 0 Å². The fourth-order valence-electron chi connectivity index (χ4n) is 1.14. The number of allylic oxidation sites excluding steroid dienone is 2. The number of rotatable bonds is 4. The van der Waals surface area contributed by atoms with Gasteiger partial charge in [0.25, 0.3) is 0 Å². The molecule has 0 spiro atoms. The van der Waals surface area contributed by atoms with Crippen molar-refractivity contribution in [3.8, 4) is 5.75 Å². The molecule has 1 aromatic carbocycles. The molecule has 70 valence electrons. The minimum absolute atomic E-state index is 0.335. The molecule has 0 heterocycles. The molecule has 1 heteroatoms. The molecular weight excluding hydrogens is 160 g/mol. The highest BCUT2D eigenvalue weighted by Gasteiger charge is 1.89. The first-order valence-corrected chi connectivity index (χ1v) is 4.76. The molecule has 0 aromatic heterocycles. The maximum atomic E-state index is 9.05. The van der Waals surface area contributed by atoms with Crippen LogP contribution in [-0.2, 0) is 6.42 Å². The molecule has 0 fully saturated rings. The summed E-state index contributed by atoms with van der Waals surface area (Å²) in [5.74, 6) is 0.335. The first kappa shape index (κ1) is 9.85. The Hall–Kier alpha value is -1.24. The van der Waals surface area contributed by atoms with Crippen LogP contribution in [0.1, 0.15) is 25.3 Å². The Labute approximate surface area is 79.7 Å². The van der Waals surface area contributed by atoms with Gasteiger partial charge in [-0.25, -0.2) is 0 Å². The maximum absolute atomic E-state index is 9.05. The van der Waals surface area contributed by atoms with Gasteiger partial charge in [-0.05, 0) is 30.5 Å². The summed E-state index contributed by atoms with van der Waals surface area (Å²) in [6.45, 7) is 2.17. The molecule has 0 saturated heterocycles. The summed E-state index contributed by atoms with van der Waals surface area (Å²) >= 11 is 0. The lowest BCUT2D eigenvalue weighted by Gasteiger charge is -1.96. The summed E-state index contributed by atoms with van der Waals surface area (Å²) in [6, 6.07) is 7.35. The molecular formula is C12H16O. The molecule has 0 atom stereocenters. The van der Waals surface area contributed by atoms with Crippen molar-refractivity contribution in [1.29, 1.82) is 0 Å². The second-order valence-electron chi connectivity index (χ2n) is 3.13. The summed E-state index contributed by atoms with van der Waals surface area (Å²) in [5.41, 5.74) is 1.24. The number of aromatic hydroxyl groups is 1. The molecule has 0 amide bonds. The van der Waals surface area contributed by atoms with Gasteiger partial charge in [-0.3, -0.25) is 0 Å². The lowest BCUT2D eigenvalue weighted by atomic mass is 10.1. The van der Waals surface area contributed by atoms with Gasteiger partial charge in [0, 0.05) is 0 Å². The fourth-order valence-corrected chi connectivity index (χ4v) is 1.14. The molecule has 0 unspecified atom stereocenters. The third-order valence-corrected chi connectivity index (χ3v) is 1.91. The number of phenolic OH excluding ortho intramolecular Hbond substituents is 1. The topological polar surface area (TPSA) is 20.2 Å². The first-order chi connectivity index (χ1) is 6.33. The summed E-state index contributed by atoms with van der Waals surface area (Å²) in [5, 5.41) is 9.05. The number of phenols is 1. The predicted octanol–water partition coefficient (Wildman–Crippen LogP) is 3.29. The van der Waals surface area contributed by atoms with E-state index in [1.165, 1.54) is 12.0 Å². The van der Waals surface area contributed by atoms with Gasteiger partial charge in [-0.1, -0.05) is 37.6 Å². The van der Waals surface area contributed by atoms with Crippen molar-refractivity contribution in [2.45, 2.75) is 26.2 Å². The average Bonchev–Trinajstić information content (AvgIpc) is 2.15. The Balaban J connectivity index is 2.41. The quantitative estimate of drug-likeness (QED) is 0.698. The third-order valence-electron chi connectivity index (χ3n) is 1.91. The van der Waals surface area contributed by atoms with E-state index in [4.69, 9.17) is 5.11 Å². The van der Waals surface area contributed by atoms with Crippen molar-refractivity contribution >= 4 is 0 Å². The van der Waals surface area contributed by atoms with Gasteiger partial charge >= 0.3 is 0 Å². The molecule has 1 rings (SSSR count). The maximum Gasteiger partial charge on any atom is 0.115 e. The van der Waals surface area contributed by atoms with Crippen LogP contribution in [0.25, 0.3) is 0 Å². The van der Waals surface area contributed by atoms with Crippen molar-refractivity contribution in [3.05, 3.63) is 42.0 Å². The van der Waals surface area contributed by atoms with E-state index in [0.717, 1.165) is 12.8 Å². The molecule has 1 nitrogen and oxygen atoms in total. The van der Waals surface area contributed by atoms with E-state index < -0.39 is 0 Å². The van der Waals surface area contributed by atoms with E-state index in [0.29, 0.717) is 5.75 Å². The normalized spacial score (nSPS) is 10.8. The van der Waals surface area contributed by atoms with Gasteiger partial charge in [-0.15, -0.1) is 0 Å². The minimum Gasteiger partial charge on any atom is -0.508 e. The van der Waals surface area contributed by atoms with Crippen LogP contribution in [0.5, 0.6) is 5.75 Å². The number of unbranched alkanes of at least 4 members (excludes halogenated alkanes) is 1. The Kier molecular flexibility index (Phi) is 4.10. The predicted molar refractivity (Wildman–Crippen MR) is 55.9 cm³/mol. The molecule has 1 N–H and O–H groups in total. The molecule has 13 heavy (non-hydrogen) atoms. The van der Waals surface area contributed by atoms with Gasteiger partial charge in [0.15, 0.2) is 0 Å². The number of benzene rings is 1. The van der Waals surface area contributed by atoms with Crippen LogP contribution >= 0.6 is 0 Å². The SMILES string of the molecule is CCCC=CCc1ccc(O)cc1. The zero-order chi connectivity index (χ0) is 9.52. The minimum atomic E-state index is 0.335. The van der Waals surface area contributed by atoms with Gasteiger partial charge in [-0.2, -0.15) is 0 Å². The van der Waals surface area contributed by atoms with Gasteiger partial charge in [0.2, 0.25) is 0 Å². The van der Waals surface area contributed by atoms with Gasteiger partial charge < -0.3 is 5.11 Å². The van der Waals surface area contributed by atoms with Crippen LogP contribution in [0.3, 0.4) is 0 Å². The Morgan fingerprint density at radius 3 is 2.46 bits per heavy atom. The largest absolute Gasteiger partial charge is 0.508 e. The Morgan fingerprint density at radius 1 is 1.15 bits per heavy atom. The van der Waals surface area contributed by atoms with Crippen LogP contribution < -0.4 is 0 Å². The van der Waals surface area contributed by atoms with Crippen molar-refractivity contribution in [2.75, 3.05) is 0 Å². The lowest BCUT2D eigenvalue weighted by molar-refractivity contribution is 0.475. The smallest absolute Gasteiger partial charge is 0.115 e. The standard InChI is InChI=1S/C12H16O/c1-2-3-4-5-6-11-7-9-12(13)10-8-11/h4-5,7-10,13H,2-3,6H2,1H3. The zero-order valence-electron chi connectivity index (χ0n) is 8.03. The molecule has 0 aliphatic heterocycles. The molecule has 0 bridgehead atoms. The van der Waals surface area contributed by atoms with Crippen molar-refractivity contribution < 1.29 is 5.11 Å². The van der Waals surface area contributed by atoms with Crippen LogP contribution in [-0.4, -0.2) is 5.11 Å². The molecule has 1 aromatic rings. The summed E-state index contributed by atoms with van der Waals surface area (Å²) in [4.78, 5) is 0. The van der Waals surface area contributed by atoms with E-state index in [2.05, 4.69) is 19.1 Å². The number of hydrogen-bond donors (Lipinski definition) is 1. The molecule has 0 radical (unpaired) electrons. The summed E-state index contributed by atoms with van der Waals surface area (Å²) in [7, 11) is 0. The van der Waals surface area contributed by atoms with E-state index >= 15 is 0 Å². The lowest BCUT2D eigenvalue weighted by Crippen LogP contribution is -1.78. The van der Waals surface area contributed by atoms with Crippen molar-refractivity contribution in [2.24, 2.45) is 0 Å². The third kappa shape index (κ3) is 3.79. The highest BCUT2D eigenvalue weighted by Crippen LogP contribution is 2.10. The highest BCUT2D eigenvalue weighted by atomic mass is 16.3. The highest BCUT2D eigenvalue weighted by molar-refractivity contribution is 5.27. The van der Waals surface area contributed by atoms with Crippen molar-refractivity contribution in [3.63, 3.8) is 0 Å². The molecule has 0 aliphatic carbocycles. The van der Waals surface area contributed by atoms with Crippen LogP contribution in [0.15, 0.2) is 36.4 Å². The van der Waals surface area contributed by atoms with Crippen molar-refractivity contribution in [1.82, 2.24) is 0 Å². The van der Waals surface area contributed by atoms with Gasteiger partial charge in [0.1, 0.15) is 5.75 Å². The zero-order valence-corrected chi connectivity index (χ0v) is 8.03. The summed E-state index contributed by atoms with van der Waals surface area (Å²) < 4.78 is 0. The van der Waals surface area contributed by atoms with E-state index in [-0.39, 0.29) is 0 Å².